The van der Waals surface area contributed by atoms with Crippen molar-refractivity contribution in [2.24, 2.45) is 0 Å². The highest BCUT2D eigenvalue weighted by atomic mass is 16.5. The maximum atomic E-state index is 7.00. The normalized spacial score (nSPS) is 5.33. The van der Waals surface area contributed by atoms with E-state index in [0.717, 1.165) is 20.3 Å². The molecule has 0 aliphatic carbocycles. The number of hydrogen-bond donors (Lipinski definition) is 2. The van der Waals surface area contributed by atoms with E-state index in [1.165, 1.54) is 0 Å². The Hall–Kier alpha value is -0.160. The first-order valence-corrected chi connectivity index (χ1v) is 2.44. The van der Waals surface area contributed by atoms with E-state index in [0.29, 0.717) is 0 Å². The molecule has 0 unspecified atom stereocenters. The molecule has 9 heavy (non-hydrogen) atoms. The van der Waals surface area contributed by atoms with Gasteiger partial charge in [0.15, 0.2) is 0 Å². The van der Waals surface area contributed by atoms with E-state index >= 15 is 0 Å². The summed E-state index contributed by atoms with van der Waals surface area (Å²) in [6.45, 7) is 5.67. The minimum absolute atomic E-state index is 0. The van der Waals surface area contributed by atoms with Crippen molar-refractivity contribution in [3.05, 3.63) is 0 Å². The zero-order chi connectivity index (χ0) is 6.12. The van der Waals surface area contributed by atoms with E-state index in [1.54, 1.807) is 0 Å². The van der Waals surface area contributed by atoms with Crippen LogP contribution in [0.3, 0.4) is 0 Å². The zero-order valence-corrected chi connectivity index (χ0v) is 6.48. The second kappa shape index (κ2) is 45.5. The van der Waals surface area contributed by atoms with Gasteiger partial charge in [-0.1, -0.05) is 0 Å². The molecule has 4 heteroatoms. The molecule has 0 saturated heterocycles. The van der Waals surface area contributed by atoms with Gasteiger partial charge in [-0.3, -0.25) is 0 Å². The van der Waals surface area contributed by atoms with Gasteiger partial charge in [-0.05, 0) is 13.8 Å². The molecule has 0 bridgehead atoms. The number of aliphatic hydroxyl groups excluding tert-OH is 1. The number of rotatable bonds is 2. The fourth-order valence-corrected chi connectivity index (χ4v) is 0.204. The highest BCUT2D eigenvalue weighted by Gasteiger charge is 1.64. The van der Waals surface area contributed by atoms with Gasteiger partial charge in [0.25, 0.3) is 0 Å². The molecule has 4 nitrogen and oxygen atoms in total. The van der Waals surface area contributed by atoms with Crippen LogP contribution in [0.15, 0.2) is 0 Å². The van der Waals surface area contributed by atoms with E-state index in [2.05, 4.69) is 0 Å². The van der Waals surface area contributed by atoms with Crippen LogP contribution in [0.5, 0.6) is 0 Å². The van der Waals surface area contributed by atoms with Gasteiger partial charge in [0.2, 0.25) is 0 Å². The predicted molar refractivity (Wildman–Crippen MR) is 38.9 cm³/mol. The van der Waals surface area contributed by atoms with Gasteiger partial charge in [-0.25, -0.2) is 0 Å². The first-order chi connectivity index (χ1) is 3.41. The topological polar surface area (TPSA) is 96.0 Å². The van der Waals surface area contributed by atoms with Crippen LogP contribution in [0.25, 0.3) is 0 Å². The molecule has 0 rings (SSSR count). The molecule has 0 spiro atoms. The smallest absolute Gasteiger partial charge is 0.0437 e. The molecule has 0 radical (unpaired) electrons. The molecule has 6 N–H and O–H groups in total. The van der Waals surface area contributed by atoms with Crippen molar-refractivity contribution in [3.63, 3.8) is 0 Å². The maximum absolute atomic E-state index is 7.00. The van der Waals surface area contributed by atoms with Crippen molar-refractivity contribution >= 4 is 0 Å². The van der Waals surface area contributed by atoms with Crippen LogP contribution in [0, 0.1) is 0 Å². The summed E-state index contributed by atoms with van der Waals surface area (Å²) in [6.07, 6.45) is 0. The summed E-state index contributed by atoms with van der Waals surface area (Å²) in [5.74, 6) is 0. The molecule has 0 aromatic rings. The highest BCUT2D eigenvalue weighted by molar-refractivity contribution is 4.07. The van der Waals surface area contributed by atoms with Gasteiger partial charge >= 0.3 is 0 Å². The van der Waals surface area contributed by atoms with Crippen molar-refractivity contribution in [1.29, 1.82) is 0 Å². The summed E-state index contributed by atoms with van der Waals surface area (Å²) >= 11 is 0. The first kappa shape index (κ1) is 23.2. The Kier molecular flexibility index (Phi) is 117. The minimum Gasteiger partial charge on any atom is -0.412 e. The van der Waals surface area contributed by atoms with Gasteiger partial charge in [0.05, 0.1) is 0 Å². The number of aliphatic hydroxyl groups is 1. The van der Waals surface area contributed by atoms with Gasteiger partial charge in [0, 0.05) is 20.3 Å². The molecule has 0 aliphatic rings. The Morgan fingerprint density at radius 1 is 1.11 bits per heavy atom. The van der Waals surface area contributed by atoms with Gasteiger partial charge in [-0.2, -0.15) is 0 Å². The van der Waals surface area contributed by atoms with E-state index < -0.39 is 0 Å². The Morgan fingerprint density at radius 2 is 1.33 bits per heavy atom. The molecule has 0 atom stereocenters. The van der Waals surface area contributed by atoms with Crippen molar-refractivity contribution < 1.29 is 15.3 Å². The molecule has 0 aromatic heterocycles. The summed E-state index contributed by atoms with van der Waals surface area (Å²) in [5, 5.41) is 7.00. The van der Waals surface area contributed by atoms with Gasteiger partial charge < -0.3 is 21.5 Å². The average Bonchev–Trinajstić information content (AvgIpc) is 1.75. The second-order valence-corrected chi connectivity index (χ2v) is 0.781. The number of hydrogen-bond acceptors (Lipinski definition) is 3. The molecular formula is C5H19NO3. The van der Waals surface area contributed by atoms with Crippen molar-refractivity contribution in [2.45, 2.75) is 13.8 Å². The molecule has 0 fully saturated rings. The SMILES string of the molecule is CCOCC.CO.N.O. The lowest BCUT2D eigenvalue weighted by molar-refractivity contribution is 0.162. The summed E-state index contributed by atoms with van der Waals surface area (Å²) in [7, 11) is 1.00. The summed E-state index contributed by atoms with van der Waals surface area (Å²) in [5.41, 5.74) is 0. The Balaban J connectivity index is -0.0000000286. The zero-order valence-electron chi connectivity index (χ0n) is 6.48. The molecule has 62 valence electrons. The van der Waals surface area contributed by atoms with Crippen LogP contribution in [0.4, 0.5) is 0 Å². The lowest BCUT2D eigenvalue weighted by Crippen LogP contribution is -1.84. The largest absolute Gasteiger partial charge is 0.412 e. The van der Waals surface area contributed by atoms with Gasteiger partial charge in [0.1, 0.15) is 0 Å². The third-order valence-corrected chi connectivity index (χ3v) is 0.408. The summed E-state index contributed by atoms with van der Waals surface area (Å²) in [6, 6.07) is 0. The standard InChI is InChI=1S/C4H10O.CH4O.H3N.H2O/c1-3-5-4-2;1-2;;/h3-4H2,1-2H3;2H,1H3;1H3;1H2. The van der Waals surface area contributed by atoms with Crippen molar-refractivity contribution in [3.8, 4) is 0 Å². The second-order valence-electron chi connectivity index (χ2n) is 0.781. The van der Waals surface area contributed by atoms with Crippen LogP contribution in [-0.2, 0) is 4.74 Å². The van der Waals surface area contributed by atoms with Crippen LogP contribution in [0.2, 0.25) is 0 Å². The van der Waals surface area contributed by atoms with E-state index in [4.69, 9.17) is 9.84 Å². The van der Waals surface area contributed by atoms with E-state index in [1.807, 2.05) is 13.8 Å². The molecular weight excluding hydrogens is 122 g/mol. The van der Waals surface area contributed by atoms with Crippen molar-refractivity contribution in [1.82, 2.24) is 6.15 Å². The third-order valence-electron chi connectivity index (χ3n) is 0.408. The average molecular weight is 141 g/mol. The van der Waals surface area contributed by atoms with Crippen LogP contribution in [-0.4, -0.2) is 30.9 Å². The fourth-order valence-electron chi connectivity index (χ4n) is 0.204. The molecule has 0 saturated carbocycles. The Morgan fingerprint density at radius 3 is 1.33 bits per heavy atom. The van der Waals surface area contributed by atoms with Crippen LogP contribution >= 0.6 is 0 Å². The Labute approximate surface area is 56.7 Å². The van der Waals surface area contributed by atoms with Gasteiger partial charge in [-0.15, -0.1) is 0 Å². The maximum Gasteiger partial charge on any atom is 0.0437 e. The highest BCUT2D eigenvalue weighted by Crippen LogP contribution is 1.64. The lowest BCUT2D eigenvalue weighted by Gasteiger charge is -1.86. The first-order valence-electron chi connectivity index (χ1n) is 2.44. The molecule has 0 aliphatic heterocycles. The quantitative estimate of drug-likeness (QED) is 0.566. The van der Waals surface area contributed by atoms with Crippen LogP contribution < -0.4 is 6.15 Å². The monoisotopic (exact) mass is 141 g/mol. The van der Waals surface area contributed by atoms with E-state index in [9.17, 15) is 0 Å². The summed E-state index contributed by atoms with van der Waals surface area (Å²) < 4.78 is 4.83. The molecule has 0 amide bonds. The summed E-state index contributed by atoms with van der Waals surface area (Å²) in [4.78, 5) is 0. The molecule has 0 heterocycles. The van der Waals surface area contributed by atoms with Crippen LogP contribution in [0.1, 0.15) is 13.8 Å². The fraction of sp³-hybridized carbons (Fsp3) is 1.00. The minimum atomic E-state index is 0. The lowest BCUT2D eigenvalue weighted by atomic mass is 10.8. The predicted octanol–water partition coefficient (Wildman–Crippen LogP) is -0.0114. The van der Waals surface area contributed by atoms with E-state index in [-0.39, 0.29) is 11.6 Å². The molecule has 0 aromatic carbocycles. The van der Waals surface area contributed by atoms with Crippen molar-refractivity contribution in [2.75, 3.05) is 20.3 Å². The number of ether oxygens (including phenoxy) is 1. The Bertz CT molecular complexity index is 19.7. The third kappa shape index (κ3) is 79.0.